The summed E-state index contributed by atoms with van der Waals surface area (Å²) < 4.78 is 36.6. The minimum atomic E-state index is -3.66. The summed E-state index contributed by atoms with van der Waals surface area (Å²) in [7, 11) is -2.17. The van der Waals surface area contributed by atoms with E-state index in [4.69, 9.17) is 9.47 Å². The Kier molecular flexibility index (Phi) is 8.51. The fourth-order valence-corrected chi connectivity index (χ4v) is 2.94. The fourth-order valence-electron chi connectivity index (χ4n) is 1.91. The molecule has 10 heteroatoms. The molecule has 0 aliphatic carbocycles. The Bertz CT molecular complexity index is 726. The molecule has 3 N–H and O–H groups in total. The van der Waals surface area contributed by atoms with Gasteiger partial charge in [0.2, 0.25) is 15.9 Å². The molecule has 0 atom stereocenters. The van der Waals surface area contributed by atoms with Crippen LogP contribution in [-0.2, 0) is 19.6 Å². The lowest BCUT2D eigenvalue weighted by molar-refractivity contribution is -0.120. The number of carbonyl (C=O) groups is 2. The average Bonchev–Trinajstić information content (AvgIpc) is 2.57. The van der Waals surface area contributed by atoms with E-state index in [1.807, 2.05) is 0 Å². The molecule has 0 aliphatic rings. The topological polar surface area (TPSA) is 123 Å². The van der Waals surface area contributed by atoms with Crippen LogP contribution >= 0.6 is 0 Å². The minimum absolute atomic E-state index is 0.0413. The third kappa shape index (κ3) is 9.25. The third-order valence-corrected chi connectivity index (χ3v) is 4.61. The zero-order valence-corrected chi connectivity index (χ0v) is 16.8. The van der Waals surface area contributed by atoms with Gasteiger partial charge < -0.3 is 20.1 Å². The molecule has 27 heavy (non-hydrogen) atoms. The van der Waals surface area contributed by atoms with Gasteiger partial charge in [-0.25, -0.2) is 17.9 Å². The standard InChI is InChI=1S/C17H27N3O6S/c1-17(2,3)26-16(22)19-10-9-15(21)18-11-12-20-27(23,24)14-7-5-13(25-4)6-8-14/h5-8,20H,9-12H2,1-4H3,(H,18,21)(H,19,22). The van der Waals surface area contributed by atoms with Crippen LogP contribution in [0.15, 0.2) is 29.2 Å². The van der Waals surface area contributed by atoms with Crippen molar-refractivity contribution in [2.45, 2.75) is 37.7 Å². The first-order chi connectivity index (χ1) is 12.5. The number of sulfonamides is 1. The summed E-state index contributed by atoms with van der Waals surface area (Å²) in [5.41, 5.74) is -0.604. The molecule has 0 unspecified atom stereocenters. The molecule has 9 nitrogen and oxygen atoms in total. The van der Waals surface area contributed by atoms with Crippen molar-refractivity contribution in [2.75, 3.05) is 26.7 Å². The van der Waals surface area contributed by atoms with Crippen LogP contribution in [0.3, 0.4) is 0 Å². The van der Waals surface area contributed by atoms with E-state index in [0.29, 0.717) is 5.75 Å². The summed E-state index contributed by atoms with van der Waals surface area (Å²) in [6, 6.07) is 5.96. The van der Waals surface area contributed by atoms with Gasteiger partial charge in [0.05, 0.1) is 12.0 Å². The zero-order valence-electron chi connectivity index (χ0n) is 16.0. The normalized spacial score (nSPS) is 11.6. The Balaban J connectivity index is 2.26. The predicted octanol–water partition coefficient (Wildman–Crippen LogP) is 1.00. The van der Waals surface area contributed by atoms with Crippen LogP contribution in [0.5, 0.6) is 5.75 Å². The monoisotopic (exact) mass is 401 g/mol. The smallest absolute Gasteiger partial charge is 0.407 e. The molecule has 0 radical (unpaired) electrons. The minimum Gasteiger partial charge on any atom is -0.497 e. The Morgan fingerprint density at radius 1 is 1.00 bits per heavy atom. The van der Waals surface area contributed by atoms with Crippen molar-refractivity contribution in [1.82, 2.24) is 15.4 Å². The summed E-state index contributed by atoms with van der Waals surface area (Å²) in [5.74, 6) is 0.246. The van der Waals surface area contributed by atoms with Crippen molar-refractivity contribution in [3.8, 4) is 5.75 Å². The number of hydrogen-bond donors (Lipinski definition) is 3. The lowest BCUT2D eigenvalue weighted by Gasteiger charge is -2.19. The number of rotatable bonds is 9. The van der Waals surface area contributed by atoms with Crippen molar-refractivity contribution in [1.29, 1.82) is 0 Å². The van der Waals surface area contributed by atoms with E-state index < -0.39 is 21.7 Å². The third-order valence-electron chi connectivity index (χ3n) is 3.13. The molecule has 0 spiro atoms. The average molecular weight is 401 g/mol. The second-order valence-electron chi connectivity index (χ2n) is 6.60. The summed E-state index contributed by atoms with van der Waals surface area (Å²) in [6.07, 6.45) is -0.535. The second kappa shape index (κ2) is 10.1. The number of amides is 2. The van der Waals surface area contributed by atoms with Gasteiger partial charge >= 0.3 is 6.09 Å². The Morgan fingerprint density at radius 3 is 2.19 bits per heavy atom. The van der Waals surface area contributed by atoms with Crippen LogP contribution < -0.4 is 20.1 Å². The van der Waals surface area contributed by atoms with Gasteiger partial charge in [-0.2, -0.15) is 0 Å². The molecule has 0 aromatic heterocycles. The maximum Gasteiger partial charge on any atom is 0.407 e. The number of benzene rings is 1. The number of hydrogen-bond acceptors (Lipinski definition) is 6. The van der Waals surface area contributed by atoms with E-state index in [1.54, 1.807) is 32.9 Å². The maximum atomic E-state index is 12.1. The molecule has 0 fully saturated rings. The van der Waals surface area contributed by atoms with Crippen molar-refractivity contribution in [2.24, 2.45) is 0 Å². The van der Waals surface area contributed by atoms with Crippen molar-refractivity contribution >= 4 is 22.0 Å². The Labute approximate surface area is 159 Å². The summed E-state index contributed by atoms with van der Waals surface area (Å²) >= 11 is 0. The van der Waals surface area contributed by atoms with Gasteiger partial charge in [0, 0.05) is 26.1 Å². The first kappa shape index (κ1) is 22.7. The summed E-state index contributed by atoms with van der Waals surface area (Å²) in [6.45, 7) is 5.52. The zero-order chi connectivity index (χ0) is 20.5. The first-order valence-electron chi connectivity index (χ1n) is 8.41. The van der Waals surface area contributed by atoms with Gasteiger partial charge in [-0.1, -0.05) is 0 Å². The van der Waals surface area contributed by atoms with Gasteiger partial charge in [-0.3, -0.25) is 4.79 Å². The first-order valence-corrected chi connectivity index (χ1v) is 9.89. The van der Waals surface area contributed by atoms with E-state index in [-0.39, 0.29) is 36.9 Å². The van der Waals surface area contributed by atoms with Crippen LogP contribution in [0.2, 0.25) is 0 Å². The Hall–Kier alpha value is -2.33. The summed E-state index contributed by atoms with van der Waals surface area (Å²) in [5, 5.41) is 5.04. The highest BCUT2D eigenvalue weighted by Gasteiger charge is 2.16. The van der Waals surface area contributed by atoms with E-state index in [1.165, 1.54) is 19.2 Å². The molecule has 1 aromatic carbocycles. The largest absolute Gasteiger partial charge is 0.497 e. The van der Waals surface area contributed by atoms with E-state index in [2.05, 4.69) is 15.4 Å². The van der Waals surface area contributed by atoms with Gasteiger partial charge in [0.15, 0.2) is 0 Å². The molecule has 152 valence electrons. The lowest BCUT2D eigenvalue weighted by Crippen LogP contribution is -2.37. The molecule has 0 heterocycles. The van der Waals surface area contributed by atoms with E-state index in [9.17, 15) is 18.0 Å². The molecular weight excluding hydrogens is 374 g/mol. The molecule has 1 aromatic rings. The van der Waals surface area contributed by atoms with Crippen LogP contribution in [0.1, 0.15) is 27.2 Å². The van der Waals surface area contributed by atoms with Gasteiger partial charge in [0.25, 0.3) is 0 Å². The van der Waals surface area contributed by atoms with Crippen LogP contribution in [0.4, 0.5) is 4.79 Å². The molecule has 0 saturated carbocycles. The number of alkyl carbamates (subject to hydrolysis) is 1. The summed E-state index contributed by atoms with van der Waals surface area (Å²) in [4.78, 5) is 23.2. The highest BCUT2D eigenvalue weighted by Crippen LogP contribution is 2.14. The molecule has 0 bridgehead atoms. The van der Waals surface area contributed by atoms with Crippen molar-refractivity contribution in [3.05, 3.63) is 24.3 Å². The molecule has 2 amide bonds. The van der Waals surface area contributed by atoms with Crippen LogP contribution in [0.25, 0.3) is 0 Å². The molecule has 1 rings (SSSR count). The molecule has 0 saturated heterocycles. The van der Waals surface area contributed by atoms with Gasteiger partial charge in [-0.15, -0.1) is 0 Å². The second-order valence-corrected chi connectivity index (χ2v) is 8.37. The van der Waals surface area contributed by atoms with E-state index >= 15 is 0 Å². The highest BCUT2D eigenvalue weighted by molar-refractivity contribution is 7.89. The van der Waals surface area contributed by atoms with Crippen molar-refractivity contribution < 1.29 is 27.5 Å². The fraction of sp³-hybridized carbons (Fsp3) is 0.529. The molecular formula is C17H27N3O6S. The van der Waals surface area contributed by atoms with E-state index in [0.717, 1.165) is 0 Å². The SMILES string of the molecule is COc1ccc(S(=O)(=O)NCCNC(=O)CCNC(=O)OC(C)(C)C)cc1. The number of ether oxygens (including phenoxy) is 2. The number of methoxy groups -OCH3 is 1. The number of nitrogens with one attached hydrogen (secondary N) is 3. The lowest BCUT2D eigenvalue weighted by atomic mass is 10.2. The predicted molar refractivity (Wildman–Crippen MR) is 100 cm³/mol. The van der Waals surface area contributed by atoms with Gasteiger partial charge in [-0.05, 0) is 45.0 Å². The maximum absolute atomic E-state index is 12.1. The molecule has 0 aliphatic heterocycles. The van der Waals surface area contributed by atoms with Crippen LogP contribution in [-0.4, -0.2) is 52.8 Å². The Morgan fingerprint density at radius 2 is 1.63 bits per heavy atom. The van der Waals surface area contributed by atoms with Gasteiger partial charge in [0.1, 0.15) is 11.4 Å². The quantitative estimate of drug-likeness (QED) is 0.531. The number of carbonyl (C=O) groups excluding carboxylic acids is 2. The highest BCUT2D eigenvalue weighted by atomic mass is 32.2. The van der Waals surface area contributed by atoms with Crippen LogP contribution in [0, 0.1) is 0 Å². The van der Waals surface area contributed by atoms with Crippen molar-refractivity contribution in [3.63, 3.8) is 0 Å².